The van der Waals surface area contributed by atoms with Crippen molar-refractivity contribution in [1.82, 2.24) is 4.90 Å². The van der Waals surface area contributed by atoms with E-state index in [1.807, 2.05) is 30.3 Å². The van der Waals surface area contributed by atoms with Crippen molar-refractivity contribution in [3.63, 3.8) is 0 Å². The quantitative estimate of drug-likeness (QED) is 0.710. The van der Waals surface area contributed by atoms with Crippen molar-refractivity contribution in [3.8, 4) is 0 Å². The van der Waals surface area contributed by atoms with E-state index in [9.17, 15) is 19.2 Å². The first-order valence-corrected chi connectivity index (χ1v) is 8.30. The van der Waals surface area contributed by atoms with Gasteiger partial charge >= 0.3 is 6.09 Å². The third kappa shape index (κ3) is 4.13. The van der Waals surface area contributed by atoms with Crippen LogP contribution in [0.5, 0.6) is 0 Å². The Labute approximate surface area is 147 Å². The second kappa shape index (κ2) is 7.59. The number of carbonyl (C=O) groups is 4. The van der Waals surface area contributed by atoms with Gasteiger partial charge in [0.15, 0.2) is 0 Å². The topological polar surface area (TPSA) is 80.8 Å². The van der Waals surface area contributed by atoms with Crippen LogP contribution in [0.4, 0.5) is 4.79 Å². The van der Waals surface area contributed by atoms with E-state index in [1.165, 1.54) is 20.8 Å². The van der Waals surface area contributed by atoms with Crippen LogP contribution < -0.4 is 0 Å². The van der Waals surface area contributed by atoms with Crippen LogP contribution >= 0.6 is 0 Å². The first-order chi connectivity index (χ1) is 11.8. The van der Waals surface area contributed by atoms with Gasteiger partial charge in [-0.2, -0.15) is 0 Å². The van der Waals surface area contributed by atoms with Gasteiger partial charge in [-0.15, -0.1) is 0 Å². The normalized spacial score (nSPS) is 19.2. The van der Waals surface area contributed by atoms with Crippen molar-refractivity contribution >= 4 is 23.6 Å². The average Bonchev–Trinajstić information content (AvgIpc) is 2.93. The number of ketones is 2. The summed E-state index contributed by atoms with van der Waals surface area (Å²) in [5.74, 6) is -1.06. The second-order valence-electron chi connectivity index (χ2n) is 6.69. The van der Waals surface area contributed by atoms with Gasteiger partial charge in [-0.1, -0.05) is 30.3 Å². The molecule has 1 aliphatic rings. The van der Waals surface area contributed by atoms with E-state index >= 15 is 0 Å². The number of carbonyl (C=O) groups excluding carboxylic acids is 4. The largest absolute Gasteiger partial charge is 0.447 e. The van der Waals surface area contributed by atoms with Gasteiger partial charge in [0.05, 0.1) is 6.04 Å². The molecule has 25 heavy (non-hydrogen) atoms. The number of ether oxygens (including phenoxy) is 1. The molecule has 2 amide bonds. The Bertz CT molecular complexity index is 684. The summed E-state index contributed by atoms with van der Waals surface area (Å²) in [7, 11) is 0. The smallest absolute Gasteiger partial charge is 0.417 e. The first-order valence-electron chi connectivity index (χ1n) is 8.30. The van der Waals surface area contributed by atoms with Crippen LogP contribution in [0.3, 0.4) is 0 Å². The maximum atomic E-state index is 13.0. The third-order valence-electron chi connectivity index (χ3n) is 4.72. The van der Waals surface area contributed by atoms with Crippen molar-refractivity contribution < 1.29 is 23.9 Å². The fraction of sp³-hybridized carbons (Fsp3) is 0.474. The van der Waals surface area contributed by atoms with Crippen LogP contribution in [-0.2, 0) is 25.5 Å². The molecule has 134 valence electrons. The Morgan fingerprint density at radius 2 is 1.84 bits per heavy atom. The number of cyclic esters (lactones) is 1. The van der Waals surface area contributed by atoms with Crippen LogP contribution in [0, 0.1) is 5.41 Å². The molecule has 1 heterocycles. The van der Waals surface area contributed by atoms with Gasteiger partial charge in [-0.25, -0.2) is 9.69 Å². The number of nitrogens with zero attached hydrogens (tertiary/aromatic N) is 1. The summed E-state index contributed by atoms with van der Waals surface area (Å²) in [4.78, 5) is 49.6. The molecule has 0 radical (unpaired) electrons. The summed E-state index contributed by atoms with van der Waals surface area (Å²) in [5, 5.41) is 0. The molecular formula is C19H23NO5. The van der Waals surface area contributed by atoms with E-state index in [0.717, 1.165) is 10.5 Å². The number of amides is 2. The van der Waals surface area contributed by atoms with Gasteiger partial charge in [-0.05, 0) is 39.2 Å². The summed E-state index contributed by atoms with van der Waals surface area (Å²) in [5.41, 5.74) is -0.443. The highest BCUT2D eigenvalue weighted by atomic mass is 16.6. The Hall–Kier alpha value is -2.50. The maximum Gasteiger partial charge on any atom is 0.417 e. The van der Waals surface area contributed by atoms with Gasteiger partial charge in [0, 0.05) is 6.42 Å². The monoisotopic (exact) mass is 345 g/mol. The maximum absolute atomic E-state index is 13.0. The van der Waals surface area contributed by atoms with Gasteiger partial charge in [0.2, 0.25) is 5.91 Å². The van der Waals surface area contributed by atoms with E-state index in [2.05, 4.69) is 0 Å². The van der Waals surface area contributed by atoms with Gasteiger partial charge in [0.1, 0.15) is 23.6 Å². The Balaban J connectivity index is 2.24. The summed E-state index contributed by atoms with van der Waals surface area (Å²) < 4.78 is 5.06. The van der Waals surface area contributed by atoms with Gasteiger partial charge in [-0.3, -0.25) is 9.59 Å². The van der Waals surface area contributed by atoms with Crippen molar-refractivity contribution in [1.29, 1.82) is 0 Å². The van der Waals surface area contributed by atoms with Crippen LogP contribution in [0.15, 0.2) is 30.3 Å². The molecule has 0 spiro atoms. The number of rotatable bonds is 7. The molecule has 1 saturated heterocycles. The zero-order valence-corrected chi connectivity index (χ0v) is 14.8. The molecular weight excluding hydrogens is 322 g/mol. The molecule has 2 atom stereocenters. The SMILES string of the molecule is CC(=O)CCC(C)(C(C)=O)C(=O)N1C(=O)OC[C@@H]1Cc1ccccc1. The second-order valence-corrected chi connectivity index (χ2v) is 6.69. The molecule has 0 bridgehead atoms. The van der Waals surface area contributed by atoms with E-state index in [4.69, 9.17) is 4.74 Å². The summed E-state index contributed by atoms with van der Waals surface area (Å²) in [6.45, 7) is 4.31. The Kier molecular flexibility index (Phi) is 5.72. The lowest BCUT2D eigenvalue weighted by Gasteiger charge is -2.30. The van der Waals surface area contributed by atoms with Gasteiger partial charge in [0.25, 0.3) is 0 Å². The molecule has 6 heteroatoms. The van der Waals surface area contributed by atoms with Crippen molar-refractivity contribution in [2.24, 2.45) is 5.41 Å². The molecule has 0 aromatic heterocycles. The zero-order chi connectivity index (χ0) is 18.6. The zero-order valence-electron chi connectivity index (χ0n) is 14.8. The minimum Gasteiger partial charge on any atom is -0.447 e. The minimum atomic E-state index is -1.41. The summed E-state index contributed by atoms with van der Waals surface area (Å²) in [6, 6.07) is 9.00. The summed E-state index contributed by atoms with van der Waals surface area (Å²) in [6.07, 6.45) is -0.0907. The van der Waals surface area contributed by atoms with E-state index in [-0.39, 0.29) is 31.0 Å². The number of Topliss-reactive ketones (excluding diaryl/α,β-unsaturated/α-hetero) is 2. The highest BCUT2D eigenvalue weighted by molar-refractivity contribution is 6.09. The van der Waals surface area contributed by atoms with Gasteiger partial charge < -0.3 is 9.53 Å². The van der Waals surface area contributed by atoms with Crippen molar-refractivity contribution in [2.45, 2.75) is 46.1 Å². The van der Waals surface area contributed by atoms with E-state index in [1.54, 1.807) is 0 Å². The number of imide groups is 1. The third-order valence-corrected chi connectivity index (χ3v) is 4.72. The fourth-order valence-electron chi connectivity index (χ4n) is 2.87. The van der Waals surface area contributed by atoms with Crippen LogP contribution in [-0.4, -0.2) is 41.1 Å². The number of hydrogen-bond acceptors (Lipinski definition) is 5. The predicted molar refractivity (Wildman–Crippen MR) is 90.8 cm³/mol. The molecule has 0 N–H and O–H groups in total. The molecule has 1 fully saturated rings. The fourth-order valence-corrected chi connectivity index (χ4v) is 2.87. The first kappa shape index (κ1) is 18.8. The summed E-state index contributed by atoms with van der Waals surface area (Å²) >= 11 is 0. The molecule has 2 rings (SSSR count). The molecule has 1 aromatic carbocycles. The van der Waals surface area contributed by atoms with Crippen LogP contribution in [0.2, 0.25) is 0 Å². The lowest BCUT2D eigenvalue weighted by molar-refractivity contribution is -0.146. The Morgan fingerprint density at radius 3 is 2.40 bits per heavy atom. The molecule has 1 aliphatic heterocycles. The molecule has 0 saturated carbocycles. The lowest BCUT2D eigenvalue weighted by atomic mass is 9.79. The number of benzene rings is 1. The predicted octanol–water partition coefficient (Wildman–Crippen LogP) is 2.54. The molecule has 1 unspecified atom stereocenters. The van der Waals surface area contributed by atoms with Crippen LogP contribution in [0.1, 0.15) is 39.2 Å². The van der Waals surface area contributed by atoms with Crippen molar-refractivity contribution in [3.05, 3.63) is 35.9 Å². The van der Waals surface area contributed by atoms with E-state index in [0.29, 0.717) is 6.42 Å². The number of hydrogen-bond donors (Lipinski definition) is 0. The molecule has 0 aliphatic carbocycles. The highest BCUT2D eigenvalue weighted by Crippen LogP contribution is 2.31. The molecule has 1 aromatic rings. The highest BCUT2D eigenvalue weighted by Gasteiger charge is 2.48. The van der Waals surface area contributed by atoms with Crippen LogP contribution in [0.25, 0.3) is 0 Å². The van der Waals surface area contributed by atoms with Crippen molar-refractivity contribution in [2.75, 3.05) is 6.61 Å². The Morgan fingerprint density at radius 1 is 1.20 bits per heavy atom. The lowest BCUT2D eigenvalue weighted by Crippen LogP contribution is -2.50. The molecule has 6 nitrogen and oxygen atoms in total. The minimum absolute atomic E-state index is 0.0817. The standard InChI is InChI=1S/C19H23NO5/c1-13(21)9-10-19(3,14(2)22)17(23)20-16(12-25-18(20)24)11-15-7-5-4-6-8-15/h4-8,16H,9-12H2,1-3H3/t16-,19?/m0/s1. The average molecular weight is 345 g/mol. The van der Waals surface area contributed by atoms with E-state index < -0.39 is 23.5 Å².